The number of nitrogens with two attached hydrogens (primary N) is 1. The van der Waals surface area contributed by atoms with Crippen LogP contribution < -0.4 is 11.3 Å². The van der Waals surface area contributed by atoms with Gasteiger partial charge in [0.15, 0.2) is 0 Å². The van der Waals surface area contributed by atoms with Crippen molar-refractivity contribution in [1.29, 1.82) is 0 Å². The molecule has 2 rings (SSSR count). The number of hydrogen-bond acceptors (Lipinski definition) is 3. The zero-order chi connectivity index (χ0) is 12.1. The molecule has 1 aromatic carbocycles. The van der Waals surface area contributed by atoms with Crippen LogP contribution in [0.4, 0.5) is 0 Å². The van der Waals surface area contributed by atoms with Crippen LogP contribution in [0.2, 0.25) is 0 Å². The minimum atomic E-state index is 0.103. The number of benzene rings is 1. The second-order valence-electron chi connectivity index (χ2n) is 4.20. The van der Waals surface area contributed by atoms with Crippen LogP contribution in [0.5, 0.6) is 0 Å². The Kier molecular flexibility index (Phi) is 3.85. The van der Waals surface area contributed by atoms with Gasteiger partial charge in [0, 0.05) is 12.4 Å². The first-order valence-corrected chi connectivity index (χ1v) is 5.71. The molecule has 3 N–H and O–H groups in total. The van der Waals surface area contributed by atoms with Crippen molar-refractivity contribution in [2.75, 3.05) is 0 Å². The maximum Gasteiger partial charge on any atom is 0.0515 e. The quantitative estimate of drug-likeness (QED) is 0.621. The number of hydrazine groups is 1. The molecule has 3 heteroatoms. The Morgan fingerprint density at radius 2 is 2.00 bits per heavy atom. The Labute approximate surface area is 102 Å². The molecule has 2 aromatic rings. The van der Waals surface area contributed by atoms with Gasteiger partial charge in [-0.15, -0.1) is 0 Å². The number of nitrogens with one attached hydrogen (secondary N) is 1. The van der Waals surface area contributed by atoms with Crippen LogP contribution in [-0.4, -0.2) is 4.98 Å². The van der Waals surface area contributed by atoms with E-state index in [9.17, 15) is 0 Å². The maximum atomic E-state index is 5.60. The fraction of sp³-hybridized carbons (Fsp3) is 0.214. The first-order chi connectivity index (χ1) is 8.29. The van der Waals surface area contributed by atoms with Crippen molar-refractivity contribution >= 4 is 0 Å². The highest BCUT2D eigenvalue weighted by molar-refractivity contribution is 5.24. The lowest BCUT2D eigenvalue weighted by Gasteiger charge is -2.16. The minimum Gasteiger partial charge on any atom is -0.271 e. The monoisotopic (exact) mass is 227 g/mol. The third kappa shape index (κ3) is 3.12. The maximum absolute atomic E-state index is 5.60. The van der Waals surface area contributed by atoms with Crippen molar-refractivity contribution < 1.29 is 0 Å². The van der Waals surface area contributed by atoms with E-state index in [0.717, 1.165) is 12.0 Å². The molecule has 0 aliphatic rings. The van der Waals surface area contributed by atoms with Crippen LogP contribution in [0.25, 0.3) is 0 Å². The molecular weight excluding hydrogens is 210 g/mol. The largest absolute Gasteiger partial charge is 0.271 e. The Morgan fingerprint density at radius 1 is 1.24 bits per heavy atom. The summed E-state index contributed by atoms with van der Waals surface area (Å²) < 4.78 is 0. The molecule has 0 radical (unpaired) electrons. The van der Waals surface area contributed by atoms with E-state index in [0.29, 0.717) is 0 Å². The highest BCUT2D eigenvalue weighted by Gasteiger charge is 2.10. The standard InChI is InChI=1S/C14H17N3/c1-11-4-6-12(7-5-11)9-14(17-15)13-3-2-8-16-10-13/h2-8,10,14,17H,9,15H2,1H3. The van der Waals surface area contributed by atoms with Crippen LogP contribution in [0.15, 0.2) is 48.8 Å². The second-order valence-corrected chi connectivity index (χ2v) is 4.20. The lowest BCUT2D eigenvalue weighted by Crippen LogP contribution is -2.29. The summed E-state index contributed by atoms with van der Waals surface area (Å²) in [7, 11) is 0. The van der Waals surface area contributed by atoms with Crippen LogP contribution in [0.1, 0.15) is 22.7 Å². The Morgan fingerprint density at radius 3 is 2.59 bits per heavy atom. The minimum absolute atomic E-state index is 0.103. The van der Waals surface area contributed by atoms with E-state index >= 15 is 0 Å². The summed E-state index contributed by atoms with van der Waals surface area (Å²) in [6, 6.07) is 12.6. The van der Waals surface area contributed by atoms with E-state index in [4.69, 9.17) is 5.84 Å². The summed E-state index contributed by atoms with van der Waals surface area (Å²) in [6.07, 6.45) is 4.48. The zero-order valence-electron chi connectivity index (χ0n) is 9.93. The van der Waals surface area contributed by atoms with E-state index in [1.807, 2.05) is 18.3 Å². The Hall–Kier alpha value is -1.71. The lowest BCUT2D eigenvalue weighted by atomic mass is 10.0. The molecule has 1 atom stereocenters. The average Bonchev–Trinajstić information content (AvgIpc) is 2.39. The van der Waals surface area contributed by atoms with Gasteiger partial charge in [0.05, 0.1) is 6.04 Å². The number of pyridine rings is 1. The summed E-state index contributed by atoms with van der Waals surface area (Å²) in [5.74, 6) is 5.60. The molecule has 1 aromatic heterocycles. The van der Waals surface area contributed by atoms with Crippen molar-refractivity contribution in [1.82, 2.24) is 10.4 Å². The van der Waals surface area contributed by atoms with Crippen molar-refractivity contribution in [3.8, 4) is 0 Å². The van der Waals surface area contributed by atoms with Gasteiger partial charge in [-0.3, -0.25) is 16.3 Å². The molecule has 0 saturated carbocycles. The first kappa shape index (κ1) is 11.8. The van der Waals surface area contributed by atoms with Gasteiger partial charge in [-0.25, -0.2) is 0 Å². The smallest absolute Gasteiger partial charge is 0.0515 e. The van der Waals surface area contributed by atoms with E-state index in [-0.39, 0.29) is 6.04 Å². The van der Waals surface area contributed by atoms with Gasteiger partial charge in [-0.1, -0.05) is 35.9 Å². The fourth-order valence-corrected chi connectivity index (χ4v) is 1.81. The SMILES string of the molecule is Cc1ccc(CC(NN)c2cccnc2)cc1. The molecule has 17 heavy (non-hydrogen) atoms. The molecule has 1 unspecified atom stereocenters. The average molecular weight is 227 g/mol. The molecule has 1 heterocycles. The molecule has 3 nitrogen and oxygen atoms in total. The van der Waals surface area contributed by atoms with Crippen LogP contribution >= 0.6 is 0 Å². The number of nitrogens with zero attached hydrogens (tertiary/aromatic N) is 1. The van der Waals surface area contributed by atoms with Gasteiger partial charge in [-0.2, -0.15) is 0 Å². The lowest BCUT2D eigenvalue weighted by molar-refractivity contribution is 0.550. The highest BCUT2D eigenvalue weighted by Crippen LogP contribution is 2.16. The van der Waals surface area contributed by atoms with E-state index in [1.54, 1.807) is 6.20 Å². The molecule has 0 spiro atoms. The summed E-state index contributed by atoms with van der Waals surface area (Å²) in [6.45, 7) is 2.09. The van der Waals surface area contributed by atoms with Gasteiger partial charge in [0.25, 0.3) is 0 Å². The molecule has 0 bridgehead atoms. The van der Waals surface area contributed by atoms with Crippen molar-refractivity contribution in [3.63, 3.8) is 0 Å². The molecule has 0 aliphatic carbocycles. The fourth-order valence-electron chi connectivity index (χ4n) is 1.81. The van der Waals surface area contributed by atoms with Crippen molar-refractivity contribution in [2.45, 2.75) is 19.4 Å². The first-order valence-electron chi connectivity index (χ1n) is 5.71. The molecule has 0 saturated heterocycles. The Balaban J connectivity index is 2.13. The number of aromatic nitrogens is 1. The summed E-state index contributed by atoms with van der Waals surface area (Å²) >= 11 is 0. The highest BCUT2D eigenvalue weighted by atomic mass is 15.2. The predicted molar refractivity (Wildman–Crippen MR) is 69.2 cm³/mol. The normalized spacial score (nSPS) is 12.4. The Bertz CT molecular complexity index is 451. The zero-order valence-corrected chi connectivity index (χ0v) is 9.93. The molecule has 0 amide bonds. The van der Waals surface area contributed by atoms with Gasteiger partial charge >= 0.3 is 0 Å². The van der Waals surface area contributed by atoms with Gasteiger partial charge in [0.1, 0.15) is 0 Å². The molecular formula is C14H17N3. The van der Waals surface area contributed by atoms with E-state index < -0.39 is 0 Å². The van der Waals surface area contributed by atoms with Gasteiger partial charge in [0.2, 0.25) is 0 Å². The summed E-state index contributed by atoms with van der Waals surface area (Å²) in [5, 5.41) is 0. The van der Waals surface area contributed by atoms with E-state index in [2.05, 4.69) is 41.6 Å². The van der Waals surface area contributed by atoms with Gasteiger partial charge in [-0.05, 0) is 30.5 Å². The van der Waals surface area contributed by atoms with Crippen LogP contribution in [0, 0.1) is 6.92 Å². The van der Waals surface area contributed by atoms with E-state index in [1.165, 1.54) is 11.1 Å². The summed E-state index contributed by atoms with van der Waals surface area (Å²) in [5.41, 5.74) is 6.49. The van der Waals surface area contributed by atoms with Crippen molar-refractivity contribution in [3.05, 3.63) is 65.5 Å². The molecule has 0 aliphatic heterocycles. The predicted octanol–water partition coefficient (Wildman–Crippen LogP) is 2.14. The second kappa shape index (κ2) is 5.57. The number of aryl methyl sites for hydroxylation is 1. The van der Waals surface area contributed by atoms with Gasteiger partial charge < -0.3 is 0 Å². The number of rotatable bonds is 4. The third-order valence-corrected chi connectivity index (χ3v) is 2.85. The molecule has 0 fully saturated rings. The number of hydrogen-bond donors (Lipinski definition) is 2. The topological polar surface area (TPSA) is 50.9 Å². The molecule has 88 valence electrons. The summed E-state index contributed by atoms with van der Waals surface area (Å²) in [4.78, 5) is 4.11. The van der Waals surface area contributed by atoms with Crippen molar-refractivity contribution in [2.24, 2.45) is 5.84 Å². The third-order valence-electron chi connectivity index (χ3n) is 2.85. The van der Waals surface area contributed by atoms with Crippen LogP contribution in [-0.2, 0) is 6.42 Å². The van der Waals surface area contributed by atoms with Crippen LogP contribution in [0.3, 0.4) is 0 Å².